The fourth-order valence-corrected chi connectivity index (χ4v) is 3.54. The zero-order chi connectivity index (χ0) is 19.6. The molecule has 0 saturated heterocycles. The number of carbonyl (C=O) groups excluding carboxylic acids is 1. The first-order valence-corrected chi connectivity index (χ1v) is 8.92. The molecule has 1 aromatic heterocycles. The number of rotatable bonds is 5. The number of benzene rings is 1. The number of nitriles is 1. The van der Waals surface area contributed by atoms with E-state index in [4.69, 9.17) is 5.26 Å². The molecular formula is C16H16F2N4O3S. The summed E-state index contributed by atoms with van der Waals surface area (Å²) >= 11 is 0. The van der Waals surface area contributed by atoms with Crippen LogP contribution in [0.5, 0.6) is 0 Å². The fraction of sp³-hybridized carbons (Fsp3) is 0.250. The van der Waals surface area contributed by atoms with Gasteiger partial charge in [-0.2, -0.15) is 5.26 Å². The summed E-state index contributed by atoms with van der Waals surface area (Å²) in [4.78, 5) is 12.2. The highest BCUT2D eigenvalue weighted by Gasteiger charge is 2.22. The lowest BCUT2D eigenvalue weighted by atomic mass is 10.2. The van der Waals surface area contributed by atoms with Gasteiger partial charge in [0.05, 0.1) is 5.56 Å². The molecule has 7 nitrogen and oxygen atoms in total. The quantitative estimate of drug-likeness (QED) is 0.826. The predicted molar refractivity (Wildman–Crippen MR) is 89.9 cm³/mol. The van der Waals surface area contributed by atoms with E-state index >= 15 is 0 Å². The fourth-order valence-electron chi connectivity index (χ4n) is 2.22. The first kappa shape index (κ1) is 19.6. The van der Waals surface area contributed by atoms with E-state index in [0.717, 1.165) is 18.2 Å². The molecule has 0 atom stereocenters. The molecule has 26 heavy (non-hydrogen) atoms. The number of sulfonamides is 1. The van der Waals surface area contributed by atoms with Crippen molar-refractivity contribution in [2.75, 3.05) is 5.32 Å². The summed E-state index contributed by atoms with van der Waals surface area (Å²) < 4.78 is 54.9. The number of amides is 1. The van der Waals surface area contributed by atoms with E-state index in [0.29, 0.717) is 0 Å². The van der Waals surface area contributed by atoms with Gasteiger partial charge in [0, 0.05) is 31.0 Å². The molecule has 0 aliphatic carbocycles. The van der Waals surface area contributed by atoms with Crippen LogP contribution in [-0.4, -0.2) is 24.9 Å². The SMILES string of the molecule is CC(C)NS(=O)(=O)c1cc(C(=O)Nc2cc(F)c(F)c(C#N)c2)n(C)c1. The third-order valence-electron chi connectivity index (χ3n) is 3.32. The van der Waals surface area contributed by atoms with Crippen LogP contribution in [0.25, 0.3) is 0 Å². The van der Waals surface area contributed by atoms with Gasteiger partial charge in [0.2, 0.25) is 10.0 Å². The van der Waals surface area contributed by atoms with Gasteiger partial charge >= 0.3 is 0 Å². The van der Waals surface area contributed by atoms with Gasteiger partial charge in [-0.3, -0.25) is 4.79 Å². The molecule has 0 unspecified atom stereocenters. The van der Waals surface area contributed by atoms with Crippen molar-refractivity contribution in [3.63, 3.8) is 0 Å². The third kappa shape index (κ3) is 4.07. The number of carbonyl (C=O) groups is 1. The first-order chi connectivity index (χ1) is 12.0. The molecule has 1 amide bonds. The summed E-state index contributed by atoms with van der Waals surface area (Å²) in [6.45, 7) is 3.31. The van der Waals surface area contributed by atoms with E-state index in [1.807, 2.05) is 0 Å². The minimum atomic E-state index is -3.79. The molecule has 0 spiro atoms. The number of halogens is 2. The molecule has 1 aromatic carbocycles. The lowest BCUT2D eigenvalue weighted by molar-refractivity contribution is 0.101. The lowest BCUT2D eigenvalue weighted by Crippen LogP contribution is -2.29. The Morgan fingerprint density at radius 2 is 1.92 bits per heavy atom. The van der Waals surface area contributed by atoms with Crippen molar-refractivity contribution in [2.45, 2.75) is 24.8 Å². The molecule has 2 rings (SSSR count). The van der Waals surface area contributed by atoms with Gasteiger partial charge in [-0.25, -0.2) is 21.9 Å². The zero-order valence-corrected chi connectivity index (χ0v) is 15.0. The molecule has 138 valence electrons. The number of hydrogen-bond donors (Lipinski definition) is 2. The van der Waals surface area contributed by atoms with Crippen molar-refractivity contribution < 1.29 is 22.0 Å². The van der Waals surface area contributed by atoms with Crippen LogP contribution in [0, 0.1) is 23.0 Å². The van der Waals surface area contributed by atoms with E-state index in [1.165, 1.54) is 23.9 Å². The number of nitrogens with zero attached hydrogens (tertiary/aromatic N) is 2. The van der Waals surface area contributed by atoms with Crippen LogP contribution >= 0.6 is 0 Å². The van der Waals surface area contributed by atoms with Crippen LogP contribution in [-0.2, 0) is 17.1 Å². The van der Waals surface area contributed by atoms with Crippen LogP contribution in [0.2, 0.25) is 0 Å². The standard InChI is InChI=1S/C16H16F2N4O3S/c1-9(2)21-26(24,25)12-6-14(22(3)8-12)16(23)20-11-4-10(7-19)15(18)13(17)5-11/h4-6,8-9,21H,1-3H3,(H,20,23). The Morgan fingerprint density at radius 1 is 1.27 bits per heavy atom. The van der Waals surface area contributed by atoms with Crippen molar-refractivity contribution in [3.05, 3.63) is 47.3 Å². The molecule has 0 fully saturated rings. The van der Waals surface area contributed by atoms with Crippen LogP contribution < -0.4 is 10.0 Å². The number of nitrogens with one attached hydrogen (secondary N) is 2. The minimum absolute atomic E-state index is 0.0163. The van der Waals surface area contributed by atoms with Crippen molar-refractivity contribution >= 4 is 21.6 Å². The van der Waals surface area contributed by atoms with Gasteiger partial charge in [0.25, 0.3) is 5.91 Å². The Labute approximate surface area is 149 Å². The van der Waals surface area contributed by atoms with Gasteiger partial charge < -0.3 is 9.88 Å². The first-order valence-electron chi connectivity index (χ1n) is 7.44. The summed E-state index contributed by atoms with van der Waals surface area (Å²) in [5, 5.41) is 11.1. The molecule has 0 bridgehead atoms. The van der Waals surface area contributed by atoms with Crippen LogP contribution in [0.3, 0.4) is 0 Å². The maximum absolute atomic E-state index is 13.5. The van der Waals surface area contributed by atoms with Crippen LogP contribution in [0.4, 0.5) is 14.5 Å². The smallest absolute Gasteiger partial charge is 0.272 e. The molecule has 2 aromatic rings. The van der Waals surface area contributed by atoms with Crippen molar-refractivity contribution in [3.8, 4) is 6.07 Å². The van der Waals surface area contributed by atoms with E-state index in [-0.39, 0.29) is 22.3 Å². The van der Waals surface area contributed by atoms with E-state index in [1.54, 1.807) is 13.8 Å². The van der Waals surface area contributed by atoms with E-state index in [2.05, 4.69) is 10.0 Å². The third-order valence-corrected chi connectivity index (χ3v) is 4.95. The minimum Gasteiger partial charge on any atom is -0.345 e. The Kier molecular flexibility index (Phi) is 5.44. The Hall–Kier alpha value is -2.77. The molecule has 0 aliphatic heterocycles. The number of anilines is 1. The van der Waals surface area contributed by atoms with Crippen molar-refractivity contribution in [2.24, 2.45) is 7.05 Å². The predicted octanol–water partition coefficient (Wildman–Crippen LogP) is 2.11. The summed E-state index contributed by atoms with van der Waals surface area (Å²) in [5.74, 6) is -3.33. The molecule has 0 radical (unpaired) electrons. The lowest BCUT2D eigenvalue weighted by Gasteiger charge is -2.07. The molecule has 0 aliphatic rings. The summed E-state index contributed by atoms with van der Waals surface area (Å²) in [5.41, 5.74) is -0.703. The largest absolute Gasteiger partial charge is 0.345 e. The summed E-state index contributed by atoms with van der Waals surface area (Å²) in [6.07, 6.45) is 1.26. The van der Waals surface area contributed by atoms with Gasteiger partial charge in [-0.05, 0) is 26.0 Å². The zero-order valence-electron chi connectivity index (χ0n) is 14.2. The Bertz CT molecular complexity index is 1010. The maximum Gasteiger partial charge on any atom is 0.272 e. The Morgan fingerprint density at radius 3 is 2.50 bits per heavy atom. The molecular weight excluding hydrogens is 366 g/mol. The normalized spacial score (nSPS) is 11.4. The molecule has 2 N–H and O–H groups in total. The second-order valence-electron chi connectivity index (χ2n) is 5.83. The second-order valence-corrected chi connectivity index (χ2v) is 7.55. The second kappa shape index (κ2) is 7.23. The molecule has 0 saturated carbocycles. The van der Waals surface area contributed by atoms with Crippen LogP contribution in [0.15, 0.2) is 29.3 Å². The van der Waals surface area contributed by atoms with E-state index < -0.39 is 33.1 Å². The number of hydrogen-bond acceptors (Lipinski definition) is 4. The highest BCUT2D eigenvalue weighted by molar-refractivity contribution is 7.89. The Balaban J connectivity index is 2.32. The van der Waals surface area contributed by atoms with Gasteiger partial charge in [0.15, 0.2) is 11.6 Å². The van der Waals surface area contributed by atoms with Gasteiger partial charge in [-0.15, -0.1) is 0 Å². The summed E-state index contributed by atoms with van der Waals surface area (Å²) in [6, 6.07) is 4.03. The molecule has 10 heteroatoms. The van der Waals surface area contributed by atoms with Crippen LogP contribution in [0.1, 0.15) is 29.9 Å². The topological polar surface area (TPSA) is 104 Å². The molecule has 1 heterocycles. The van der Waals surface area contributed by atoms with Crippen molar-refractivity contribution in [1.29, 1.82) is 5.26 Å². The number of aryl methyl sites for hydroxylation is 1. The summed E-state index contributed by atoms with van der Waals surface area (Å²) in [7, 11) is -2.33. The van der Waals surface area contributed by atoms with Crippen molar-refractivity contribution in [1.82, 2.24) is 9.29 Å². The van der Waals surface area contributed by atoms with Gasteiger partial charge in [-0.1, -0.05) is 0 Å². The average molecular weight is 382 g/mol. The average Bonchev–Trinajstić information content (AvgIpc) is 2.92. The highest BCUT2D eigenvalue weighted by Crippen LogP contribution is 2.20. The number of aromatic nitrogens is 1. The monoisotopic (exact) mass is 382 g/mol. The van der Waals surface area contributed by atoms with E-state index in [9.17, 15) is 22.0 Å². The maximum atomic E-state index is 13.5. The highest BCUT2D eigenvalue weighted by atomic mass is 32.2. The van der Waals surface area contributed by atoms with Gasteiger partial charge in [0.1, 0.15) is 16.7 Å².